The zero-order valence-corrected chi connectivity index (χ0v) is 10.3. The fraction of sp³-hybridized carbons (Fsp3) is 0.600. The van der Waals surface area contributed by atoms with Crippen LogP contribution in [0.3, 0.4) is 0 Å². The zero-order valence-electron chi connectivity index (χ0n) is 9.53. The molecule has 84 valence electrons. The minimum absolute atomic E-state index is 0.525. The van der Waals surface area contributed by atoms with E-state index in [1.165, 1.54) is 5.69 Å². The van der Waals surface area contributed by atoms with Crippen LogP contribution < -0.4 is 5.73 Å². The molecule has 4 nitrogen and oxygen atoms in total. The van der Waals surface area contributed by atoms with Crippen LogP contribution in [0.25, 0.3) is 0 Å². The van der Waals surface area contributed by atoms with E-state index in [4.69, 9.17) is 18.0 Å². The van der Waals surface area contributed by atoms with E-state index >= 15 is 0 Å². The van der Waals surface area contributed by atoms with E-state index in [0.29, 0.717) is 11.5 Å². The molecule has 1 rings (SSSR count). The maximum Gasteiger partial charge on any atom is 0.0870 e. The molecule has 15 heavy (non-hydrogen) atoms. The zero-order chi connectivity index (χ0) is 11.4. The third kappa shape index (κ3) is 3.60. The molecule has 0 saturated carbocycles. The van der Waals surface area contributed by atoms with Crippen LogP contribution in [0.5, 0.6) is 0 Å². The van der Waals surface area contributed by atoms with Crippen molar-refractivity contribution in [3.63, 3.8) is 0 Å². The van der Waals surface area contributed by atoms with Crippen molar-refractivity contribution in [3.8, 4) is 0 Å². The summed E-state index contributed by atoms with van der Waals surface area (Å²) < 4.78 is 2.01. The largest absolute Gasteiger partial charge is 0.392 e. The number of hydrogen-bond acceptors (Lipinski definition) is 3. The fourth-order valence-corrected chi connectivity index (χ4v) is 1.82. The van der Waals surface area contributed by atoms with E-state index in [-0.39, 0.29) is 0 Å². The van der Waals surface area contributed by atoms with Gasteiger partial charge in [-0.2, -0.15) is 5.10 Å². The van der Waals surface area contributed by atoms with Crippen molar-refractivity contribution in [1.82, 2.24) is 14.7 Å². The predicted molar refractivity (Wildman–Crippen MR) is 65.8 cm³/mol. The first-order valence-corrected chi connectivity index (χ1v) is 5.44. The Morgan fingerprint density at radius 2 is 2.33 bits per heavy atom. The summed E-state index contributed by atoms with van der Waals surface area (Å²) in [6.45, 7) is 6.45. The molecule has 0 unspecified atom stereocenters. The summed E-state index contributed by atoms with van der Waals surface area (Å²) in [7, 11) is 2.00. The Hall–Kier alpha value is -0.940. The molecule has 0 aliphatic carbocycles. The molecule has 2 N–H and O–H groups in total. The van der Waals surface area contributed by atoms with Gasteiger partial charge in [0.15, 0.2) is 0 Å². The number of nitrogens with two attached hydrogens (primary N) is 1. The third-order valence-corrected chi connectivity index (χ3v) is 2.27. The molecule has 0 atom stereocenters. The maximum absolute atomic E-state index is 5.49. The standard InChI is InChI=1S/C10H18N4S/c1-4-14-9(5-8(2)12-14)6-13(3)7-10(11)15/h5H,4,6-7H2,1-3H3,(H2,11,15). The molecule has 1 aromatic heterocycles. The lowest BCUT2D eigenvalue weighted by Crippen LogP contribution is -2.29. The van der Waals surface area contributed by atoms with E-state index in [1.54, 1.807) is 0 Å². The molecule has 1 heterocycles. The second kappa shape index (κ2) is 5.23. The number of nitrogens with zero attached hydrogens (tertiary/aromatic N) is 3. The molecule has 5 heteroatoms. The summed E-state index contributed by atoms with van der Waals surface area (Å²) in [6, 6.07) is 2.10. The van der Waals surface area contributed by atoms with Gasteiger partial charge in [0, 0.05) is 19.6 Å². The van der Waals surface area contributed by atoms with Gasteiger partial charge < -0.3 is 5.73 Å². The first kappa shape index (κ1) is 12.1. The lowest BCUT2D eigenvalue weighted by atomic mass is 10.3. The van der Waals surface area contributed by atoms with Gasteiger partial charge >= 0.3 is 0 Å². The topological polar surface area (TPSA) is 47.1 Å². The Bertz CT molecular complexity index is 345. The van der Waals surface area contributed by atoms with Gasteiger partial charge in [0.25, 0.3) is 0 Å². The number of hydrogen-bond donors (Lipinski definition) is 1. The molecule has 0 fully saturated rings. The highest BCUT2D eigenvalue weighted by Crippen LogP contribution is 2.06. The second-order valence-corrected chi connectivity index (χ2v) is 4.26. The lowest BCUT2D eigenvalue weighted by Gasteiger charge is -2.15. The highest BCUT2D eigenvalue weighted by Gasteiger charge is 2.07. The van der Waals surface area contributed by atoms with Gasteiger partial charge in [-0.3, -0.25) is 9.58 Å². The van der Waals surface area contributed by atoms with Crippen molar-refractivity contribution in [2.75, 3.05) is 13.6 Å². The molecule has 0 radical (unpaired) electrons. The first-order valence-electron chi connectivity index (χ1n) is 5.03. The molecule has 1 aromatic rings. The normalized spacial score (nSPS) is 10.9. The molecular weight excluding hydrogens is 208 g/mol. The maximum atomic E-state index is 5.49. The van der Waals surface area contributed by atoms with Gasteiger partial charge in [0.1, 0.15) is 0 Å². The number of likely N-dealkylation sites (N-methyl/N-ethyl adjacent to an activating group) is 1. The van der Waals surface area contributed by atoms with Crippen molar-refractivity contribution in [2.45, 2.75) is 26.9 Å². The lowest BCUT2D eigenvalue weighted by molar-refractivity contribution is 0.358. The Morgan fingerprint density at radius 1 is 1.67 bits per heavy atom. The average molecular weight is 226 g/mol. The predicted octanol–water partition coefficient (Wildman–Crippen LogP) is 0.929. The van der Waals surface area contributed by atoms with Crippen LogP contribution in [0, 0.1) is 6.92 Å². The van der Waals surface area contributed by atoms with Crippen molar-refractivity contribution >= 4 is 17.2 Å². The summed E-state index contributed by atoms with van der Waals surface area (Å²) in [5.74, 6) is 0. The van der Waals surface area contributed by atoms with Gasteiger partial charge in [-0.1, -0.05) is 12.2 Å². The average Bonchev–Trinajstić information content (AvgIpc) is 2.44. The SMILES string of the molecule is CCn1nc(C)cc1CN(C)CC(N)=S. The molecule has 0 aliphatic heterocycles. The summed E-state index contributed by atoms with van der Waals surface area (Å²) in [4.78, 5) is 2.61. The minimum Gasteiger partial charge on any atom is -0.392 e. The van der Waals surface area contributed by atoms with Crippen LogP contribution in [0.2, 0.25) is 0 Å². The van der Waals surface area contributed by atoms with Crippen molar-refractivity contribution < 1.29 is 0 Å². The molecule has 0 aliphatic rings. The molecule has 0 aromatic carbocycles. The van der Waals surface area contributed by atoms with Crippen LogP contribution >= 0.6 is 12.2 Å². The molecule has 0 saturated heterocycles. The highest BCUT2D eigenvalue weighted by atomic mass is 32.1. The van der Waals surface area contributed by atoms with E-state index in [1.807, 2.05) is 18.7 Å². The highest BCUT2D eigenvalue weighted by molar-refractivity contribution is 7.80. The summed E-state index contributed by atoms with van der Waals surface area (Å²) in [5, 5.41) is 4.39. The second-order valence-electron chi connectivity index (χ2n) is 3.73. The number of aromatic nitrogens is 2. The summed E-state index contributed by atoms with van der Waals surface area (Å²) >= 11 is 4.87. The van der Waals surface area contributed by atoms with Crippen LogP contribution in [0.4, 0.5) is 0 Å². The van der Waals surface area contributed by atoms with Gasteiger partial charge in [-0.15, -0.1) is 0 Å². The molecule has 0 amide bonds. The van der Waals surface area contributed by atoms with Crippen LogP contribution in [-0.2, 0) is 13.1 Å². The number of rotatable bonds is 5. The Morgan fingerprint density at radius 3 is 2.87 bits per heavy atom. The van der Waals surface area contributed by atoms with E-state index in [9.17, 15) is 0 Å². The van der Waals surface area contributed by atoms with Crippen LogP contribution in [-0.4, -0.2) is 33.3 Å². The Kier molecular flexibility index (Phi) is 4.23. The Labute approximate surface area is 96.1 Å². The fourth-order valence-electron chi connectivity index (χ4n) is 1.60. The van der Waals surface area contributed by atoms with Crippen molar-refractivity contribution in [1.29, 1.82) is 0 Å². The Balaban J connectivity index is 2.66. The van der Waals surface area contributed by atoms with Gasteiger partial charge in [-0.05, 0) is 27.0 Å². The van der Waals surface area contributed by atoms with Crippen molar-refractivity contribution in [3.05, 3.63) is 17.5 Å². The monoisotopic (exact) mass is 226 g/mol. The number of aryl methyl sites for hydroxylation is 2. The first-order chi connectivity index (χ1) is 7.02. The van der Waals surface area contributed by atoms with Gasteiger partial charge in [-0.25, -0.2) is 0 Å². The number of thiocarbonyl (C=S) groups is 1. The van der Waals surface area contributed by atoms with E-state index in [0.717, 1.165) is 18.8 Å². The van der Waals surface area contributed by atoms with Crippen LogP contribution in [0.1, 0.15) is 18.3 Å². The molecule has 0 spiro atoms. The summed E-state index contributed by atoms with van der Waals surface area (Å²) in [5.41, 5.74) is 7.74. The summed E-state index contributed by atoms with van der Waals surface area (Å²) in [6.07, 6.45) is 0. The quantitative estimate of drug-likeness (QED) is 0.759. The molecular formula is C10H18N4S. The van der Waals surface area contributed by atoms with E-state index < -0.39 is 0 Å². The van der Waals surface area contributed by atoms with Crippen LogP contribution in [0.15, 0.2) is 6.07 Å². The minimum atomic E-state index is 0.525. The van der Waals surface area contributed by atoms with E-state index in [2.05, 4.69) is 23.0 Å². The van der Waals surface area contributed by atoms with Gasteiger partial charge in [0.2, 0.25) is 0 Å². The van der Waals surface area contributed by atoms with Gasteiger partial charge in [0.05, 0.1) is 16.4 Å². The molecule has 0 bridgehead atoms. The third-order valence-electron chi connectivity index (χ3n) is 2.14. The smallest absolute Gasteiger partial charge is 0.0870 e. The van der Waals surface area contributed by atoms with Crippen molar-refractivity contribution in [2.24, 2.45) is 5.73 Å².